The lowest BCUT2D eigenvalue weighted by atomic mass is 10.1. The summed E-state index contributed by atoms with van der Waals surface area (Å²) in [5.74, 6) is 0.287. The number of rotatable bonds is 4. The van der Waals surface area contributed by atoms with Gasteiger partial charge in [-0.3, -0.25) is 14.4 Å². The van der Waals surface area contributed by atoms with Gasteiger partial charge in [-0.15, -0.1) is 0 Å². The van der Waals surface area contributed by atoms with E-state index in [0.717, 1.165) is 10.5 Å². The summed E-state index contributed by atoms with van der Waals surface area (Å²) < 4.78 is 10.7. The van der Waals surface area contributed by atoms with Crippen LogP contribution in [0.2, 0.25) is 0 Å². The van der Waals surface area contributed by atoms with Crippen molar-refractivity contribution < 1.29 is 23.9 Å². The second-order valence-electron chi connectivity index (χ2n) is 6.46. The molecule has 1 saturated heterocycles. The van der Waals surface area contributed by atoms with Gasteiger partial charge in [-0.05, 0) is 29.8 Å². The Bertz CT molecular complexity index is 912. The first-order chi connectivity index (χ1) is 13.0. The molecule has 3 amide bonds. The lowest BCUT2D eigenvalue weighted by molar-refractivity contribution is -0.137. The fourth-order valence-electron chi connectivity index (χ4n) is 3.38. The summed E-state index contributed by atoms with van der Waals surface area (Å²) in [4.78, 5) is 40.2. The van der Waals surface area contributed by atoms with E-state index in [-0.39, 0.29) is 37.5 Å². The molecule has 2 aliphatic rings. The van der Waals surface area contributed by atoms with E-state index < -0.39 is 6.04 Å². The van der Waals surface area contributed by atoms with Gasteiger partial charge >= 0.3 is 0 Å². The summed E-state index contributed by atoms with van der Waals surface area (Å²) in [6.45, 7) is 1.77. The number of fused-ring (bicyclic) bond motifs is 1. The maximum atomic E-state index is 12.9. The van der Waals surface area contributed by atoms with Gasteiger partial charge in [-0.25, -0.2) is 4.90 Å². The standard InChI is InChI=1S/C20H18N2O5/c1-13(23)21(11-14-7-8-17-18(9-14)27-12-26-17)16-10-19(24)22(20(16)25)15-5-3-2-4-6-15/h2-9,16H,10-12H2,1H3/t16-/m0/s1. The van der Waals surface area contributed by atoms with E-state index in [4.69, 9.17) is 9.47 Å². The molecule has 2 aromatic rings. The van der Waals surface area contributed by atoms with Crippen molar-refractivity contribution in [1.29, 1.82) is 0 Å². The van der Waals surface area contributed by atoms with Crippen LogP contribution in [0.25, 0.3) is 0 Å². The van der Waals surface area contributed by atoms with E-state index in [1.807, 2.05) is 12.1 Å². The Morgan fingerprint density at radius 2 is 1.85 bits per heavy atom. The molecule has 2 aromatic carbocycles. The average molecular weight is 366 g/mol. The second kappa shape index (κ2) is 6.75. The third kappa shape index (κ3) is 3.12. The van der Waals surface area contributed by atoms with Gasteiger partial charge in [-0.2, -0.15) is 0 Å². The highest BCUT2D eigenvalue weighted by molar-refractivity contribution is 6.22. The smallest absolute Gasteiger partial charge is 0.257 e. The fourth-order valence-corrected chi connectivity index (χ4v) is 3.38. The van der Waals surface area contributed by atoms with Gasteiger partial charge in [0.15, 0.2) is 11.5 Å². The number of para-hydroxylation sites is 1. The molecule has 4 rings (SSSR count). The molecule has 7 nitrogen and oxygen atoms in total. The van der Waals surface area contributed by atoms with Crippen LogP contribution in [0, 0.1) is 0 Å². The lowest BCUT2D eigenvalue weighted by Gasteiger charge is -2.26. The Labute approximate surface area is 156 Å². The van der Waals surface area contributed by atoms with Crippen molar-refractivity contribution in [1.82, 2.24) is 4.90 Å². The Hall–Kier alpha value is -3.35. The van der Waals surface area contributed by atoms with Gasteiger partial charge in [0, 0.05) is 13.5 Å². The topological polar surface area (TPSA) is 76.2 Å². The predicted molar refractivity (Wildman–Crippen MR) is 96.1 cm³/mol. The zero-order chi connectivity index (χ0) is 19.0. The molecule has 138 valence electrons. The minimum absolute atomic E-state index is 0.0299. The van der Waals surface area contributed by atoms with Crippen LogP contribution in [-0.2, 0) is 20.9 Å². The molecule has 7 heteroatoms. The zero-order valence-corrected chi connectivity index (χ0v) is 14.8. The summed E-state index contributed by atoms with van der Waals surface area (Å²) in [6, 6.07) is 13.3. The van der Waals surface area contributed by atoms with Crippen molar-refractivity contribution >= 4 is 23.4 Å². The third-order valence-corrected chi connectivity index (χ3v) is 4.71. The molecule has 2 heterocycles. The Kier molecular flexibility index (Phi) is 4.27. The Morgan fingerprint density at radius 1 is 1.11 bits per heavy atom. The quantitative estimate of drug-likeness (QED) is 0.775. The maximum absolute atomic E-state index is 12.9. The number of carbonyl (C=O) groups excluding carboxylic acids is 3. The summed E-state index contributed by atoms with van der Waals surface area (Å²) in [6.07, 6.45) is -0.0299. The van der Waals surface area contributed by atoms with Gasteiger partial charge in [0.05, 0.1) is 12.1 Å². The first-order valence-electron chi connectivity index (χ1n) is 8.62. The largest absolute Gasteiger partial charge is 0.454 e. The number of benzene rings is 2. The molecule has 0 spiro atoms. The van der Waals surface area contributed by atoms with Crippen LogP contribution < -0.4 is 14.4 Å². The Balaban J connectivity index is 1.58. The Morgan fingerprint density at radius 3 is 2.59 bits per heavy atom. The number of hydrogen-bond donors (Lipinski definition) is 0. The van der Waals surface area contributed by atoms with Crippen LogP contribution in [-0.4, -0.2) is 35.5 Å². The molecular formula is C20H18N2O5. The molecule has 0 aliphatic carbocycles. The van der Waals surface area contributed by atoms with Crippen LogP contribution >= 0.6 is 0 Å². The van der Waals surface area contributed by atoms with E-state index in [9.17, 15) is 14.4 Å². The SMILES string of the molecule is CC(=O)N(Cc1ccc2c(c1)OCO2)[C@H]1CC(=O)N(c2ccccc2)C1=O. The van der Waals surface area contributed by atoms with Gasteiger partial charge < -0.3 is 14.4 Å². The minimum Gasteiger partial charge on any atom is -0.454 e. The number of amides is 3. The van der Waals surface area contributed by atoms with Crippen LogP contribution in [0.15, 0.2) is 48.5 Å². The molecule has 0 aromatic heterocycles. The monoisotopic (exact) mass is 366 g/mol. The van der Waals surface area contributed by atoms with E-state index in [0.29, 0.717) is 17.2 Å². The van der Waals surface area contributed by atoms with Gasteiger partial charge in [-0.1, -0.05) is 24.3 Å². The fraction of sp³-hybridized carbons (Fsp3) is 0.250. The summed E-state index contributed by atoms with van der Waals surface area (Å²) >= 11 is 0. The molecule has 1 fully saturated rings. The van der Waals surface area contributed by atoms with Gasteiger partial charge in [0.2, 0.25) is 18.6 Å². The maximum Gasteiger partial charge on any atom is 0.257 e. The van der Waals surface area contributed by atoms with Gasteiger partial charge in [0.1, 0.15) is 6.04 Å². The molecule has 0 saturated carbocycles. The molecule has 2 aliphatic heterocycles. The van der Waals surface area contributed by atoms with Crippen molar-refractivity contribution in [3.8, 4) is 11.5 Å². The van der Waals surface area contributed by atoms with Gasteiger partial charge in [0.25, 0.3) is 5.91 Å². The molecule has 0 radical (unpaired) electrons. The summed E-state index contributed by atoms with van der Waals surface area (Å²) in [5, 5.41) is 0. The van der Waals surface area contributed by atoms with Crippen LogP contribution in [0.4, 0.5) is 5.69 Å². The normalized spacial score (nSPS) is 18.1. The van der Waals surface area contributed by atoms with Crippen molar-refractivity contribution in [2.75, 3.05) is 11.7 Å². The van der Waals surface area contributed by atoms with E-state index >= 15 is 0 Å². The molecule has 0 bridgehead atoms. The van der Waals surface area contributed by atoms with E-state index in [1.165, 1.54) is 11.8 Å². The zero-order valence-electron chi connectivity index (χ0n) is 14.8. The average Bonchev–Trinajstić information content (AvgIpc) is 3.23. The number of hydrogen-bond acceptors (Lipinski definition) is 5. The lowest BCUT2D eigenvalue weighted by Crippen LogP contribution is -2.44. The van der Waals surface area contributed by atoms with Crippen molar-refractivity contribution in [2.45, 2.75) is 25.9 Å². The van der Waals surface area contributed by atoms with Crippen LogP contribution in [0.3, 0.4) is 0 Å². The minimum atomic E-state index is -0.819. The highest BCUT2D eigenvalue weighted by atomic mass is 16.7. The predicted octanol–water partition coefficient (Wildman–Crippen LogP) is 2.10. The van der Waals surface area contributed by atoms with Crippen molar-refractivity contribution in [2.24, 2.45) is 0 Å². The number of nitrogens with zero attached hydrogens (tertiary/aromatic N) is 2. The van der Waals surface area contributed by atoms with E-state index in [2.05, 4.69) is 0 Å². The first-order valence-corrected chi connectivity index (χ1v) is 8.62. The highest BCUT2D eigenvalue weighted by Crippen LogP contribution is 2.33. The number of carbonyl (C=O) groups is 3. The summed E-state index contributed by atoms with van der Waals surface area (Å²) in [5.41, 5.74) is 1.31. The third-order valence-electron chi connectivity index (χ3n) is 4.71. The number of ether oxygens (including phenoxy) is 2. The van der Waals surface area contributed by atoms with Crippen molar-refractivity contribution in [3.63, 3.8) is 0 Å². The highest BCUT2D eigenvalue weighted by Gasteiger charge is 2.43. The number of anilines is 1. The van der Waals surface area contributed by atoms with Crippen LogP contribution in [0.5, 0.6) is 11.5 Å². The molecular weight excluding hydrogens is 348 g/mol. The molecule has 27 heavy (non-hydrogen) atoms. The number of imide groups is 1. The van der Waals surface area contributed by atoms with E-state index in [1.54, 1.807) is 36.4 Å². The molecule has 0 unspecified atom stereocenters. The summed E-state index contributed by atoms with van der Waals surface area (Å²) in [7, 11) is 0. The first kappa shape index (κ1) is 17.1. The van der Waals surface area contributed by atoms with Crippen molar-refractivity contribution in [3.05, 3.63) is 54.1 Å². The molecule has 0 N–H and O–H groups in total. The van der Waals surface area contributed by atoms with Crippen LogP contribution in [0.1, 0.15) is 18.9 Å². The molecule has 1 atom stereocenters. The second-order valence-corrected chi connectivity index (χ2v) is 6.46.